The van der Waals surface area contributed by atoms with Crippen molar-refractivity contribution in [2.24, 2.45) is 10.1 Å². The van der Waals surface area contributed by atoms with Crippen LogP contribution in [-0.4, -0.2) is 51.0 Å². The maximum atomic E-state index is 9.86. The smallest absolute Gasteiger partial charge is 0.206 e. The summed E-state index contributed by atoms with van der Waals surface area (Å²) >= 11 is 1.46. The van der Waals surface area contributed by atoms with Crippen molar-refractivity contribution >= 4 is 17.6 Å². The highest BCUT2D eigenvalue weighted by atomic mass is 32.1. The van der Waals surface area contributed by atoms with Crippen LogP contribution < -0.4 is 23.7 Å². The number of aromatic nitrogens is 1. The SMILES string of the molecule is C=C(C)CN=c1scc(-c2cc(OC)c(OC)c(OC)c2)n1N=Cc1ccc(O)c(OC)c1. The summed E-state index contributed by atoms with van der Waals surface area (Å²) in [5, 5.41) is 16.5. The molecule has 0 aliphatic carbocycles. The van der Waals surface area contributed by atoms with Crippen LogP contribution in [0.3, 0.4) is 0 Å². The van der Waals surface area contributed by atoms with E-state index in [0.29, 0.717) is 34.3 Å². The molecule has 9 heteroatoms. The van der Waals surface area contributed by atoms with Crippen molar-refractivity contribution in [1.82, 2.24) is 4.68 Å². The lowest BCUT2D eigenvalue weighted by Gasteiger charge is -2.14. The zero-order chi connectivity index (χ0) is 24.0. The molecule has 0 saturated carbocycles. The van der Waals surface area contributed by atoms with E-state index in [-0.39, 0.29) is 5.75 Å². The van der Waals surface area contributed by atoms with Gasteiger partial charge in [0.15, 0.2) is 23.0 Å². The highest BCUT2D eigenvalue weighted by Gasteiger charge is 2.17. The number of phenolic OH excluding ortho intramolecular Hbond substituents is 1. The summed E-state index contributed by atoms with van der Waals surface area (Å²) < 4.78 is 23.4. The second kappa shape index (κ2) is 10.7. The van der Waals surface area contributed by atoms with Gasteiger partial charge < -0.3 is 24.1 Å². The van der Waals surface area contributed by atoms with Crippen LogP contribution >= 0.6 is 11.3 Å². The van der Waals surface area contributed by atoms with E-state index in [1.807, 2.05) is 24.4 Å². The Kier molecular flexibility index (Phi) is 7.78. The summed E-state index contributed by atoms with van der Waals surface area (Å²) in [6.45, 7) is 6.34. The van der Waals surface area contributed by atoms with Crippen molar-refractivity contribution in [3.63, 3.8) is 0 Å². The molecule has 1 heterocycles. The van der Waals surface area contributed by atoms with Crippen LogP contribution in [-0.2, 0) is 0 Å². The van der Waals surface area contributed by atoms with Gasteiger partial charge in [-0.25, -0.2) is 4.68 Å². The monoisotopic (exact) mass is 469 g/mol. The molecule has 1 N–H and O–H groups in total. The Hall–Kier alpha value is -3.72. The van der Waals surface area contributed by atoms with Crippen LogP contribution in [0.2, 0.25) is 0 Å². The van der Waals surface area contributed by atoms with E-state index in [0.717, 1.165) is 22.4 Å². The number of hydrogen-bond donors (Lipinski definition) is 1. The van der Waals surface area contributed by atoms with Crippen molar-refractivity contribution < 1.29 is 24.1 Å². The summed E-state index contributed by atoms with van der Waals surface area (Å²) in [6, 6.07) is 8.74. The first kappa shape index (κ1) is 23.9. The number of rotatable bonds is 9. The molecular formula is C24H27N3O5S. The normalized spacial score (nSPS) is 11.6. The van der Waals surface area contributed by atoms with Gasteiger partial charge in [-0.1, -0.05) is 12.2 Å². The standard InChI is InChI=1S/C24H27N3O5S/c1-15(2)12-25-24-27(26-13-16-7-8-19(28)20(9-16)29-3)18(14-33-24)17-10-21(30-4)23(32-6)22(11-17)31-5/h7-11,13-14,28H,1,12H2,2-6H3. The number of ether oxygens (including phenoxy) is 4. The lowest BCUT2D eigenvalue weighted by atomic mass is 10.1. The predicted octanol–water partition coefficient (Wildman–Crippen LogP) is 4.32. The Labute approximate surface area is 196 Å². The van der Waals surface area contributed by atoms with Crippen molar-refractivity contribution in [1.29, 1.82) is 0 Å². The van der Waals surface area contributed by atoms with E-state index in [4.69, 9.17) is 18.9 Å². The summed E-state index contributed by atoms with van der Waals surface area (Å²) in [6.07, 6.45) is 1.68. The number of phenols is 1. The van der Waals surface area contributed by atoms with E-state index in [1.165, 1.54) is 18.4 Å². The van der Waals surface area contributed by atoms with Gasteiger partial charge in [-0.05, 0) is 42.8 Å². The first-order chi connectivity index (χ1) is 15.9. The van der Waals surface area contributed by atoms with E-state index in [9.17, 15) is 5.11 Å². The molecule has 1 aromatic heterocycles. The van der Waals surface area contributed by atoms with Crippen LogP contribution in [0.4, 0.5) is 0 Å². The zero-order valence-corrected chi connectivity index (χ0v) is 20.1. The second-order valence-corrected chi connectivity index (χ2v) is 7.92. The highest BCUT2D eigenvalue weighted by molar-refractivity contribution is 7.07. The molecule has 0 fully saturated rings. The third-order valence-electron chi connectivity index (χ3n) is 4.66. The first-order valence-corrected chi connectivity index (χ1v) is 10.9. The van der Waals surface area contributed by atoms with E-state index >= 15 is 0 Å². The quantitative estimate of drug-likeness (QED) is 0.373. The van der Waals surface area contributed by atoms with Gasteiger partial charge in [0.25, 0.3) is 0 Å². The molecular weight excluding hydrogens is 442 g/mol. The molecule has 8 nitrogen and oxygen atoms in total. The van der Waals surface area contributed by atoms with Crippen LogP contribution in [0.1, 0.15) is 12.5 Å². The van der Waals surface area contributed by atoms with Crippen LogP contribution in [0, 0.1) is 0 Å². The molecule has 0 aliphatic rings. The molecule has 0 amide bonds. The lowest BCUT2D eigenvalue weighted by molar-refractivity contribution is 0.324. The predicted molar refractivity (Wildman–Crippen MR) is 130 cm³/mol. The minimum absolute atomic E-state index is 0.0631. The van der Waals surface area contributed by atoms with Crippen LogP contribution in [0.25, 0.3) is 11.3 Å². The Bertz CT molecular complexity index is 1220. The molecule has 174 valence electrons. The number of aromatic hydroxyl groups is 1. The molecule has 3 rings (SSSR count). The topological polar surface area (TPSA) is 86.8 Å². The Morgan fingerprint density at radius 2 is 1.70 bits per heavy atom. The zero-order valence-electron chi connectivity index (χ0n) is 19.3. The van der Waals surface area contributed by atoms with Crippen molar-refractivity contribution in [2.45, 2.75) is 6.92 Å². The largest absolute Gasteiger partial charge is 0.504 e. The number of benzene rings is 2. The highest BCUT2D eigenvalue weighted by Crippen LogP contribution is 2.41. The van der Waals surface area contributed by atoms with Crippen LogP contribution in [0.15, 0.2) is 58.0 Å². The minimum atomic E-state index is 0.0631. The Morgan fingerprint density at radius 1 is 1.03 bits per heavy atom. The number of nitrogens with zero attached hydrogens (tertiary/aromatic N) is 3. The third-order valence-corrected chi connectivity index (χ3v) is 5.51. The fourth-order valence-corrected chi connectivity index (χ4v) is 3.89. The molecule has 3 aromatic rings. The molecule has 0 spiro atoms. The van der Waals surface area contributed by atoms with Gasteiger partial charge in [-0.2, -0.15) is 5.10 Å². The molecule has 2 aromatic carbocycles. The molecule has 0 aliphatic heterocycles. The molecule has 0 unspecified atom stereocenters. The average molecular weight is 470 g/mol. The van der Waals surface area contributed by atoms with Gasteiger partial charge in [0.05, 0.1) is 46.9 Å². The summed E-state index contributed by atoms with van der Waals surface area (Å²) in [5.41, 5.74) is 3.31. The Morgan fingerprint density at radius 3 is 2.27 bits per heavy atom. The molecule has 0 atom stereocenters. The number of hydrogen-bond acceptors (Lipinski definition) is 8. The van der Waals surface area contributed by atoms with Gasteiger partial charge in [0.2, 0.25) is 10.6 Å². The fourth-order valence-electron chi connectivity index (χ4n) is 3.05. The van der Waals surface area contributed by atoms with E-state index in [2.05, 4.69) is 16.7 Å². The minimum Gasteiger partial charge on any atom is -0.504 e. The average Bonchev–Trinajstić information content (AvgIpc) is 3.23. The fraction of sp³-hybridized carbons (Fsp3) is 0.250. The van der Waals surface area contributed by atoms with Gasteiger partial charge in [-0.3, -0.25) is 4.99 Å². The summed E-state index contributed by atoms with van der Waals surface area (Å²) in [5.74, 6) is 2.02. The number of methoxy groups -OCH3 is 4. The van der Waals surface area contributed by atoms with Crippen molar-refractivity contribution in [3.05, 3.63) is 58.2 Å². The number of thiazole rings is 1. The lowest BCUT2D eigenvalue weighted by Crippen LogP contribution is -2.13. The summed E-state index contributed by atoms with van der Waals surface area (Å²) in [7, 11) is 6.22. The van der Waals surface area contributed by atoms with E-state index < -0.39 is 0 Å². The maximum absolute atomic E-state index is 9.86. The van der Waals surface area contributed by atoms with E-state index in [1.54, 1.807) is 50.4 Å². The first-order valence-electron chi connectivity index (χ1n) is 9.99. The van der Waals surface area contributed by atoms with Crippen molar-refractivity contribution in [3.8, 4) is 40.0 Å². The third kappa shape index (κ3) is 5.38. The summed E-state index contributed by atoms with van der Waals surface area (Å²) in [4.78, 5) is 5.35. The van der Waals surface area contributed by atoms with Crippen molar-refractivity contribution in [2.75, 3.05) is 35.0 Å². The van der Waals surface area contributed by atoms with Gasteiger partial charge in [-0.15, -0.1) is 11.3 Å². The van der Waals surface area contributed by atoms with Gasteiger partial charge in [0.1, 0.15) is 0 Å². The second-order valence-electron chi connectivity index (χ2n) is 7.08. The van der Waals surface area contributed by atoms with Gasteiger partial charge >= 0.3 is 0 Å². The maximum Gasteiger partial charge on any atom is 0.206 e. The molecule has 0 saturated heterocycles. The Balaban J connectivity index is 2.16. The van der Waals surface area contributed by atoms with Gasteiger partial charge in [0, 0.05) is 10.9 Å². The molecule has 0 bridgehead atoms. The molecule has 33 heavy (non-hydrogen) atoms. The molecule has 0 radical (unpaired) electrons. The van der Waals surface area contributed by atoms with Crippen LogP contribution in [0.5, 0.6) is 28.7 Å².